The zero-order chi connectivity index (χ0) is 13.5. The number of urea groups is 1. The monoisotopic (exact) mass is 250 g/mol. The van der Waals surface area contributed by atoms with Gasteiger partial charge in [0.05, 0.1) is 0 Å². The summed E-state index contributed by atoms with van der Waals surface area (Å²) in [4.78, 5) is 33.7. The summed E-state index contributed by atoms with van der Waals surface area (Å²) in [6.07, 6.45) is 0. The lowest BCUT2D eigenvalue weighted by molar-refractivity contribution is -0.119. The molecule has 0 unspecified atom stereocenters. The molecule has 7 nitrogen and oxygen atoms in total. The second kappa shape index (κ2) is 6.24. The Morgan fingerprint density at radius 3 is 2.22 bits per heavy atom. The van der Waals surface area contributed by atoms with Crippen molar-refractivity contribution in [3.63, 3.8) is 0 Å². The maximum Gasteiger partial charge on any atom is 0.354 e. The van der Waals surface area contributed by atoms with E-state index in [0.717, 1.165) is 5.01 Å². The number of carbonyl (C=O) groups is 3. The predicted octanol–water partition coefficient (Wildman–Crippen LogP) is 0.0239. The summed E-state index contributed by atoms with van der Waals surface area (Å²) in [5, 5.41) is 0.936. The molecule has 0 saturated heterocycles. The van der Waals surface area contributed by atoms with Crippen molar-refractivity contribution in [1.82, 2.24) is 21.3 Å². The van der Waals surface area contributed by atoms with Gasteiger partial charge in [-0.3, -0.25) is 20.4 Å². The van der Waals surface area contributed by atoms with E-state index in [0.29, 0.717) is 5.56 Å². The van der Waals surface area contributed by atoms with Crippen LogP contribution in [0.1, 0.15) is 17.3 Å². The van der Waals surface area contributed by atoms with E-state index in [2.05, 4.69) is 16.3 Å². The fourth-order valence-corrected chi connectivity index (χ4v) is 1.08. The molecule has 0 aliphatic carbocycles. The van der Waals surface area contributed by atoms with Crippen LogP contribution in [0.2, 0.25) is 0 Å². The van der Waals surface area contributed by atoms with Gasteiger partial charge in [0.2, 0.25) is 5.91 Å². The summed E-state index contributed by atoms with van der Waals surface area (Å²) < 4.78 is 0. The number of benzene rings is 1. The molecule has 1 aromatic carbocycles. The van der Waals surface area contributed by atoms with E-state index in [-0.39, 0.29) is 0 Å². The molecule has 0 aromatic heterocycles. The SMILES string of the molecule is CC(=O)NNC(=O)N(C)NC(=O)c1ccccc1. The van der Waals surface area contributed by atoms with Crippen LogP contribution in [-0.2, 0) is 4.79 Å². The number of nitrogens with one attached hydrogen (secondary N) is 3. The molecule has 96 valence electrons. The number of rotatable bonds is 1. The Morgan fingerprint density at radius 1 is 1.06 bits per heavy atom. The number of hydrogen-bond acceptors (Lipinski definition) is 3. The first-order chi connectivity index (χ1) is 8.50. The Hall–Kier alpha value is -2.57. The molecule has 7 heteroatoms. The van der Waals surface area contributed by atoms with Gasteiger partial charge in [0, 0.05) is 19.5 Å². The molecule has 1 rings (SSSR count). The average molecular weight is 250 g/mol. The van der Waals surface area contributed by atoms with Crippen LogP contribution in [0, 0.1) is 0 Å². The lowest BCUT2D eigenvalue weighted by atomic mass is 10.2. The van der Waals surface area contributed by atoms with Crippen LogP contribution < -0.4 is 16.3 Å². The highest BCUT2D eigenvalue weighted by atomic mass is 16.2. The third-order valence-electron chi connectivity index (χ3n) is 1.96. The van der Waals surface area contributed by atoms with E-state index in [9.17, 15) is 14.4 Å². The summed E-state index contributed by atoms with van der Waals surface area (Å²) >= 11 is 0. The molecule has 1 aromatic rings. The molecule has 0 radical (unpaired) electrons. The smallest absolute Gasteiger partial charge is 0.274 e. The lowest BCUT2D eigenvalue weighted by Crippen LogP contribution is -2.52. The number of hydrazine groups is 2. The quantitative estimate of drug-likeness (QED) is 0.614. The van der Waals surface area contributed by atoms with Gasteiger partial charge in [-0.1, -0.05) is 18.2 Å². The molecule has 0 aliphatic heterocycles. The van der Waals surface area contributed by atoms with Crippen molar-refractivity contribution in [3.05, 3.63) is 35.9 Å². The molecule has 0 bridgehead atoms. The second-order valence-corrected chi connectivity index (χ2v) is 3.48. The Morgan fingerprint density at radius 2 is 1.67 bits per heavy atom. The summed E-state index contributed by atoms with van der Waals surface area (Å²) in [5.41, 5.74) is 7.00. The molecule has 0 atom stereocenters. The highest BCUT2D eigenvalue weighted by molar-refractivity contribution is 5.95. The third-order valence-corrected chi connectivity index (χ3v) is 1.96. The highest BCUT2D eigenvalue weighted by Gasteiger charge is 2.12. The Balaban J connectivity index is 2.49. The summed E-state index contributed by atoms with van der Waals surface area (Å²) in [7, 11) is 1.36. The van der Waals surface area contributed by atoms with Crippen LogP contribution in [0.15, 0.2) is 30.3 Å². The zero-order valence-corrected chi connectivity index (χ0v) is 10.1. The first-order valence-electron chi connectivity index (χ1n) is 5.17. The van der Waals surface area contributed by atoms with Crippen molar-refractivity contribution in [2.75, 3.05) is 7.05 Å². The Labute approximate surface area is 104 Å². The number of carbonyl (C=O) groups excluding carboxylic acids is 3. The van der Waals surface area contributed by atoms with Crippen LogP contribution in [-0.4, -0.2) is 29.9 Å². The molecule has 3 N–H and O–H groups in total. The topological polar surface area (TPSA) is 90.5 Å². The number of hydrogen-bond donors (Lipinski definition) is 3. The van der Waals surface area contributed by atoms with Gasteiger partial charge >= 0.3 is 6.03 Å². The minimum absolute atomic E-state index is 0.411. The van der Waals surface area contributed by atoms with Crippen molar-refractivity contribution in [1.29, 1.82) is 0 Å². The fourth-order valence-electron chi connectivity index (χ4n) is 1.08. The molecule has 0 heterocycles. The van der Waals surface area contributed by atoms with E-state index < -0.39 is 17.8 Å². The van der Waals surface area contributed by atoms with Gasteiger partial charge in [0.25, 0.3) is 5.91 Å². The van der Waals surface area contributed by atoms with E-state index >= 15 is 0 Å². The molecule has 4 amide bonds. The molecule has 0 spiro atoms. The molecule has 18 heavy (non-hydrogen) atoms. The van der Waals surface area contributed by atoms with Gasteiger partial charge in [-0.15, -0.1) is 0 Å². The van der Waals surface area contributed by atoms with Crippen LogP contribution >= 0.6 is 0 Å². The Bertz CT molecular complexity index is 447. The van der Waals surface area contributed by atoms with E-state index in [1.807, 2.05) is 0 Å². The maximum atomic E-state index is 11.7. The van der Waals surface area contributed by atoms with Gasteiger partial charge in [-0.2, -0.15) is 0 Å². The fraction of sp³-hybridized carbons (Fsp3) is 0.182. The first-order valence-corrected chi connectivity index (χ1v) is 5.17. The molecule has 0 fully saturated rings. The van der Waals surface area contributed by atoms with Crippen LogP contribution in [0.25, 0.3) is 0 Å². The van der Waals surface area contributed by atoms with Crippen molar-refractivity contribution in [2.24, 2.45) is 0 Å². The second-order valence-electron chi connectivity index (χ2n) is 3.48. The van der Waals surface area contributed by atoms with E-state index in [1.165, 1.54) is 14.0 Å². The minimum Gasteiger partial charge on any atom is -0.274 e. The van der Waals surface area contributed by atoms with Gasteiger partial charge in [-0.25, -0.2) is 15.2 Å². The van der Waals surface area contributed by atoms with Crippen molar-refractivity contribution >= 4 is 17.8 Å². The van der Waals surface area contributed by atoms with Crippen molar-refractivity contribution < 1.29 is 14.4 Å². The summed E-state index contributed by atoms with van der Waals surface area (Å²) in [6.45, 7) is 1.25. The van der Waals surface area contributed by atoms with Gasteiger partial charge < -0.3 is 0 Å². The predicted molar refractivity (Wildman–Crippen MR) is 64.0 cm³/mol. The van der Waals surface area contributed by atoms with Crippen molar-refractivity contribution in [2.45, 2.75) is 6.92 Å². The summed E-state index contributed by atoms with van der Waals surface area (Å²) in [5.74, 6) is -0.831. The van der Waals surface area contributed by atoms with Gasteiger partial charge in [0.15, 0.2) is 0 Å². The van der Waals surface area contributed by atoms with Crippen LogP contribution in [0.4, 0.5) is 4.79 Å². The highest BCUT2D eigenvalue weighted by Crippen LogP contribution is 1.97. The molecule has 0 saturated carbocycles. The first kappa shape index (κ1) is 13.5. The minimum atomic E-state index is -0.658. The van der Waals surface area contributed by atoms with Gasteiger partial charge in [-0.05, 0) is 12.1 Å². The average Bonchev–Trinajstić information content (AvgIpc) is 2.36. The Kier molecular flexibility index (Phi) is 4.67. The van der Waals surface area contributed by atoms with Gasteiger partial charge in [0.1, 0.15) is 0 Å². The standard InChI is InChI=1S/C11H14N4O3/c1-8(16)12-13-11(18)15(2)14-10(17)9-6-4-3-5-7-9/h3-7H,1-2H3,(H,12,16)(H,13,18)(H,14,17). The van der Waals surface area contributed by atoms with E-state index in [4.69, 9.17) is 0 Å². The molecular formula is C11H14N4O3. The third kappa shape index (κ3) is 4.12. The number of nitrogens with zero attached hydrogens (tertiary/aromatic N) is 1. The normalized spacial score (nSPS) is 9.22. The molecular weight excluding hydrogens is 236 g/mol. The largest absolute Gasteiger partial charge is 0.354 e. The molecule has 0 aliphatic rings. The van der Waals surface area contributed by atoms with E-state index in [1.54, 1.807) is 30.3 Å². The van der Waals surface area contributed by atoms with Crippen LogP contribution in [0.3, 0.4) is 0 Å². The van der Waals surface area contributed by atoms with Crippen molar-refractivity contribution in [3.8, 4) is 0 Å². The lowest BCUT2D eigenvalue weighted by Gasteiger charge is -2.18. The summed E-state index contributed by atoms with van der Waals surface area (Å²) in [6, 6.07) is 7.79. The van der Waals surface area contributed by atoms with Crippen LogP contribution in [0.5, 0.6) is 0 Å². The number of amides is 4. The zero-order valence-electron chi connectivity index (χ0n) is 10.1. The maximum absolute atomic E-state index is 11.7.